The van der Waals surface area contributed by atoms with Gasteiger partial charge in [0.15, 0.2) is 5.65 Å². The first-order valence-corrected chi connectivity index (χ1v) is 14.3. The summed E-state index contributed by atoms with van der Waals surface area (Å²) >= 11 is 7.43. The summed E-state index contributed by atoms with van der Waals surface area (Å²) < 4.78 is 51.6. The summed E-state index contributed by atoms with van der Waals surface area (Å²) in [6.45, 7) is 0. The number of aromatic amines is 1. The molecule has 0 radical (unpaired) electrons. The lowest BCUT2D eigenvalue weighted by Gasteiger charge is -2.19. The number of thioether (sulfide) groups is 1. The van der Waals surface area contributed by atoms with Crippen molar-refractivity contribution in [1.29, 1.82) is 0 Å². The monoisotopic (exact) mass is 551 g/mol. The molecule has 0 unspecified atom stereocenters. The summed E-state index contributed by atoms with van der Waals surface area (Å²) in [4.78, 5) is 13.8. The molecule has 182 valence electrons. The Balaban J connectivity index is 0.000000266. The fourth-order valence-electron chi connectivity index (χ4n) is 3.03. The highest BCUT2D eigenvalue weighted by atomic mass is 35.5. The molecular weight excluding hydrogens is 534 g/mol. The molecule has 4 N–H and O–H groups in total. The zero-order valence-electron chi connectivity index (χ0n) is 17.8. The average Bonchev–Trinajstić information content (AvgIpc) is 3.27. The van der Waals surface area contributed by atoms with Crippen molar-refractivity contribution in [3.8, 4) is 0 Å². The molecule has 2 aromatic carbocycles. The van der Waals surface area contributed by atoms with Gasteiger partial charge in [0.25, 0.3) is 10.0 Å². The summed E-state index contributed by atoms with van der Waals surface area (Å²) in [7, 11) is -8.20. The average molecular weight is 552 g/mol. The van der Waals surface area contributed by atoms with Crippen LogP contribution in [0, 0.1) is 0 Å². The van der Waals surface area contributed by atoms with E-state index >= 15 is 0 Å². The van der Waals surface area contributed by atoms with Gasteiger partial charge in [-0.3, -0.25) is 0 Å². The molecular formula is C20H18ClN7O4S3. The second-order valence-corrected chi connectivity index (χ2v) is 11.6. The number of rotatable bonds is 5. The molecule has 0 saturated heterocycles. The summed E-state index contributed by atoms with van der Waals surface area (Å²) in [5.74, 6) is 1.28. The van der Waals surface area contributed by atoms with Crippen LogP contribution >= 0.6 is 23.4 Å². The Morgan fingerprint density at radius 1 is 1.09 bits per heavy atom. The van der Waals surface area contributed by atoms with E-state index in [1.807, 2.05) is 30.3 Å². The van der Waals surface area contributed by atoms with E-state index in [1.54, 1.807) is 12.5 Å². The van der Waals surface area contributed by atoms with Crippen molar-refractivity contribution < 1.29 is 16.8 Å². The van der Waals surface area contributed by atoms with Crippen molar-refractivity contribution in [3.63, 3.8) is 0 Å². The molecule has 0 bridgehead atoms. The van der Waals surface area contributed by atoms with Crippen molar-refractivity contribution in [1.82, 2.24) is 19.9 Å². The standard InChI is InChI=1S/C15H14ClN3O4S3.C5H4N4/c16-11-6-12-14(7-13(11)25(17,20)21)26(22,23)19-15(18-12)9-24-8-10-4-2-1-3-5-10;1-4-5(8-2-6-1)9-3-7-4/h1-7H,8-9H2,(H,18,19)(H2,17,20,21);1-3H,(H,6,7,8,9). The lowest BCUT2D eigenvalue weighted by molar-refractivity contribution is 0.596. The first-order valence-electron chi connectivity index (χ1n) is 9.81. The number of amidine groups is 1. The second-order valence-electron chi connectivity index (χ2n) is 7.10. The molecule has 35 heavy (non-hydrogen) atoms. The molecule has 1 aliphatic rings. The fraction of sp³-hybridized carbons (Fsp3) is 0.100. The van der Waals surface area contributed by atoms with Gasteiger partial charge in [-0.2, -0.15) is 8.42 Å². The molecule has 0 fully saturated rings. The number of primary sulfonamides is 1. The minimum Gasteiger partial charge on any atom is -0.342 e. The number of halogens is 1. The highest BCUT2D eigenvalue weighted by Gasteiger charge is 2.28. The molecule has 2 aromatic heterocycles. The van der Waals surface area contributed by atoms with Gasteiger partial charge in [-0.1, -0.05) is 41.9 Å². The Morgan fingerprint density at radius 2 is 1.86 bits per heavy atom. The quantitative estimate of drug-likeness (QED) is 0.337. The highest BCUT2D eigenvalue weighted by molar-refractivity contribution is 7.99. The molecule has 0 spiro atoms. The Bertz CT molecular complexity index is 1580. The normalized spacial score (nSPS) is 14.3. The zero-order chi connectivity index (χ0) is 25.1. The number of fused-ring (bicyclic) bond motifs is 2. The van der Waals surface area contributed by atoms with Gasteiger partial charge in [0.05, 0.1) is 29.0 Å². The third-order valence-corrected chi connectivity index (χ3v) is 8.32. The number of aromatic nitrogens is 4. The molecule has 0 atom stereocenters. The smallest absolute Gasteiger partial charge is 0.286 e. The maximum atomic E-state index is 12.4. The van der Waals surface area contributed by atoms with Crippen LogP contribution in [0.25, 0.3) is 11.2 Å². The van der Waals surface area contributed by atoms with Crippen LogP contribution in [0.1, 0.15) is 5.56 Å². The van der Waals surface area contributed by atoms with E-state index in [1.165, 1.54) is 24.2 Å². The molecule has 5 rings (SSSR count). The highest BCUT2D eigenvalue weighted by Crippen LogP contribution is 2.34. The van der Waals surface area contributed by atoms with Crippen LogP contribution in [-0.4, -0.2) is 48.4 Å². The SMILES string of the molecule is NS(=O)(=O)c1cc2c(cc1Cl)NC(CSCc1ccccc1)=NS2(=O)=O.c1ncc2[nH]cnc2n1. The lowest BCUT2D eigenvalue weighted by atomic mass is 10.2. The van der Waals surface area contributed by atoms with E-state index in [0.29, 0.717) is 17.2 Å². The van der Waals surface area contributed by atoms with E-state index in [-0.39, 0.29) is 21.4 Å². The maximum Gasteiger partial charge on any atom is 0.286 e. The van der Waals surface area contributed by atoms with Crippen LogP contribution in [0.5, 0.6) is 0 Å². The van der Waals surface area contributed by atoms with Crippen LogP contribution in [0.3, 0.4) is 0 Å². The number of nitrogens with zero attached hydrogens (tertiary/aromatic N) is 4. The number of hydrogen-bond donors (Lipinski definition) is 3. The van der Waals surface area contributed by atoms with Crippen LogP contribution in [-0.2, 0) is 25.8 Å². The minimum atomic E-state index is -4.15. The van der Waals surface area contributed by atoms with E-state index in [0.717, 1.165) is 17.1 Å². The molecule has 0 amide bonds. The molecule has 11 nitrogen and oxygen atoms in total. The third-order valence-electron chi connectivity index (χ3n) is 4.58. The Hall–Kier alpha value is -3.04. The molecule has 1 aliphatic heterocycles. The van der Waals surface area contributed by atoms with Gasteiger partial charge in [0, 0.05) is 5.75 Å². The van der Waals surface area contributed by atoms with Crippen LogP contribution < -0.4 is 10.5 Å². The topological polar surface area (TPSA) is 173 Å². The van der Waals surface area contributed by atoms with E-state index in [2.05, 4.69) is 29.7 Å². The summed E-state index contributed by atoms with van der Waals surface area (Å²) in [5, 5.41) is 7.79. The van der Waals surface area contributed by atoms with Gasteiger partial charge in [-0.15, -0.1) is 16.2 Å². The first-order chi connectivity index (χ1) is 16.6. The van der Waals surface area contributed by atoms with Gasteiger partial charge >= 0.3 is 0 Å². The van der Waals surface area contributed by atoms with Crippen LogP contribution in [0.4, 0.5) is 5.69 Å². The summed E-state index contributed by atoms with van der Waals surface area (Å²) in [6, 6.07) is 11.9. The Morgan fingerprint density at radius 3 is 2.57 bits per heavy atom. The number of anilines is 1. The van der Waals surface area contributed by atoms with Gasteiger partial charge < -0.3 is 10.3 Å². The van der Waals surface area contributed by atoms with Crippen molar-refractivity contribution in [2.45, 2.75) is 15.5 Å². The molecule has 0 aliphatic carbocycles. The Labute approximate surface area is 210 Å². The molecule has 0 saturated carbocycles. The van der Waals surface area contributed by atoms with Gasteiger partial charge in [-0.05, 0) is 17.7 Å². The van der Waals surface area contributed by atoms with E-state index < -0.39 is 24.9 Å². The summed E-state index contributed by atoms with van der Waals surface area (Å²) in [5.41, 5.74) is 2.87. The number of sulfonamides is 2. The van der Waals surface area contributed by atoms with Crippen LogP contribution in [0.2, 0.25) is 5.02 Å². The van der Waals surface area contributed by atoms with Crippen molar-refractivity contribution in [3.05, 3.63) is 71.9 Å². The number of imidazole rings is 1. The largest absolute Gasteiger partial charge is 0.342 e. The Kier molecular flexibility index (Phi) is 7.37. The first kappa shape index (κ1) is 25.1. The minimum absolute atomic E-state index is 0.160. The maximum absolute atomic E-state index is 12.4. The van der Waals surface area contributed by atoms with Gasteiger partial charge in [-0.25, -0.2) is 28.5 Å². The fourth-order valence-corrected chi connectivity index (χ4v) is 6.30. The predicted octanol–water partition coefficient (Wildman–Crippen LogP) is 2.79. The van der Waals surface area contributed by atoms with Gasteiger partial charge in [0.1, 0.15) is 27.5 Å². The van der Waals surface area contributed by atoms with E-state index in [9.17, 15) is 16.8 Å². The summed E-state index contributed by atoms with van der Waals surface area (Å²) in [6.07, 6.45) is 4.76. The number of nitrogens with two attached hydrogens (primary N) is 1. The van der Waals surface area contributed by atoms with Crippen molar-refractivity contribution in [2.24, 2.45) is 9.54 Å². The molecule has 15 heteroatoms. The van der Waals surface area contributed by atoms with Crippen molar-refractivity contribution >= 4 is 66.1 Å². The zero-order valence-corrected chi connectivity index (χ0v) is 21.0. The number of hydrogen-bond acceptors (Lipinski definition) is 9. The number of H-pyrrole nitrogens is 1. The lowest BCUT2D eigenvalue weighted by Crippen LogP contribution is -2.24. The van der Waals surface area contributed by atoms with Gasteiger partial charge in [0.2, 0.25) is 10.0 Å². The number of benzene rings is 2. The van der Waals surface area contributed by atoms with E-state index in [4.69, 9.17) is 16.7 Å². The third kappa shape index (κ3) is 6.15. The predicted molar refractivity (Wildman–Crippen MR) is 135 cm³/mol. The van der Waals surface area contributed by atoms with Crippen LogP contribution in [0.15, 0.2) is 75.5 Å². The van der Waals surface area contributed by atoms with Crippen molar-refractivity contribution in [2.75, 3.05) is 11.1 Å². The number of nitrogens with one attached hydrogen (secondary N) is 2. The molecule has 3 heterocycles. The second kappa shape index (κ2) is 10.3. The molecule has 4 aromatic rings.